The van der Waals surface area contributed by atoms with Crippen LogP contribution in [0.3, 0.4) is 0 Å². The summed E-state index contributed by atoms with van der Waals surface area (Å²) in [4.78, 5) is 37.5. The fourth-order valence-electron chi connectivity index (χ4n) is 6.36. The fourth-order valence-corrected chi connectivity index (χ4v) is 7.09. The molecule has 0 aromatic rings. The number of phosphoric acid groups is 1. The van der Waals surface area contributed by atoms with Gasteiger partial charge in [-0.2, -0.15) is 0 Å². The highest BCUT2D eigenvalue weighted by molar-refractivity contribution is 7.45. The van der Waals surface area contributed by atoms with Gasteiger partial charge in [-0.3, -0.25) is 14.2 Å². The molecule has 0 saturated heterocycles. The van der Waals surface area contributed by atoms with E-state index in [4.69, 9.17) is 18.5 Å². The van der Waals surface area contributed by atoms with Crippen molar-refractivity contribution < 1.29 is 42.1 Å². The number of quaternary nitrogens is 1. The topological polar surface area (TPSA) is 111 Å². The number of hydrogen-bond acceptors (Lipinski definition) is 8. The summed E-state index contributed by atoms with van der Waals surface area (Å²) in [6, 6.07) is 0. The zero-order valence-corrected chi connectivity index (χ0v) is 36.8. The van der Waals surface area contributed by atoms with Crippen molar-refractivity contribution in [2.75, 3.05) is 47.5 Å². The quantitative estimate of drug-likeness (QED) is 0.0198. The molecule has 54 heavy (non-hydrogen) atoms. The Morgan fingerprint density at radius 1 is 0.593 bits per heavy atom. The minimum atomic E-state index is -4.62. The van der Waals surface area contributed by atoms with Gasteiger partial charge >= 0.3 is 11.9 Å². The zero-order chi connectivity index (χ0) is 40.0. The molecule has 9 nitrogen and oxygen atoms in total. The molecule has 0 aromatic heterocycles. The van der Waals surface area contributed by atoms with Gasteiger partial charge in [0.05, 0.1) is 27.7 Å². The largest absolute Gasteiger partial charge is 0.756 e. The maximum absolute atomic E-state index is 12.7. The van der Waals surface area contributed by atoms with Crippen molar-refractivity contribution in [1.29, 1.82) is 0 Å². The van der Waals surface area contributed by atoms with E-state index < -0.39 is 26.5 Å². The third kappa shape index (κ3) is 40.4. The number of hydrogen-bond donors (Lipinski definition) is 0. The Labute approximate surface area is 333 Å². The fraction of sp³-hybridized carbons (Fsp3) is 0.909. The van der Waals surface area contributed by atoms with Crippen molar-refractivity contribution in [3.8, 4) is 0 Å². The van der Waals surface area contributed by atoms with Crippen LogP contribution >= 0.6 is 7.82 Å². The van der Waals surface area contributed by atoms with E-state index in [9.17, 15) is 19.0 Å². The number of likely N-dealkylation sites (N-methyl/N-ethyl adjacent to an activating group) is 1. The number of unbranched alkanes of at least 4 members (excludes halogenated alkanes) is 26. The summed E-state index contributed by atoms with van der Waals surface area (Å²) in [5.74, 6) is -0.824. The van der Waals surface area contributed by atoms with Crippen molar-refractivity contribution in [3.63, 3.8) is 0 Å². The molecule has 0 saturated carbocycles. The molecule has 0 radical (unpaired) electrons. The number of allylic oxidation sites excluding steroid dienone is 2. The predicted molar refractivity (Wildman–Crippen MR) is 222 cm³/mol. The molecular weight excluding hydrogens is 701 g/mol. The Morgan fingerprint density at radius 2 is 1.00 bits per heavy atom. The molecule has 0 bridgehead atoms. The van der Waals surface area contributed by atoms with Gasteiger partial charge in [-0.15, -0.1) is 0 Å². The lowest BCUT2D eigenvalue weighted by Gasteiger charge is -2.28. The molecule has 0 heterocycles. The predicted octanol–water partition coefficient (Wildman–Crippen LogP) is 11.9. The molecule has 320 valence electrons. The van der Waals surface area contributed by atoms with Crippen LogP contribution in [-0.2, 0) is 32.7 Å². The van der Waals surface area contributed by atoms with Crippen molar-refractivity contribution in [2.24, 2.45) is 0 Å². The lowest BCUT2D eigenvalue weighted by molar-refractivity contribution is -0.870. The van der Waals surface area contributed by atoms with Crippen molar-refractivity contribution in [3.05, 3.63) is 12.2 Å². The Kier molecular flexibility index (Phi) is 36.5. The molecule has 0 aliphatic carbocycles. The first kappa shape index (κ1) is 52.8. The van der Waals surface area contributed by atoms with Gasteiger partial charge in [0.2, 0.25) is 0 Å². The Morgan fingerprint density at radius 3 is 1.43 bits per heavy atom. The first-order valence-electron chi connectivity index (χ1n) is 22.4. The monoisotopic (exact) mass is 788 g/mol. The van der Waals surface area contributed by atoms with E-state index in [-0.39, 0.29) is 32.0 Å². The summed E-state index contributed by atoms with van der Waals surface area (Å²) in [6.45, 7) is 4.08. The molecule has 2 atom stereocenters. The van der Waals surface area contributed by atoms with Gasteiger partial charge in [0.15, 0.2) is 6.10 Å². The molecule has 10 heteroatoms. The van der Waals surface area contributed by atoms with Gasteiger partial charge in [-0.05, 0) is 32.6 Å². The minimum absolute atomic E-state index is 0.0274. The highest BCUT2D eigenvalue weighted by atomic mass is 31.2. The summed E-state index contributed by atoms with van der Waals surface area (Å²) in [5, 5.41) is 0. The Balaban J connectivity index is 4.30. The van der Waals surface area contributed by atoms with Gasteiger partial charge < -0.3 is 27.9 Å². The van der Waals surface area contributed by atoms with Crippen LogP contribution in [0.25, 0.3) is 0 Å². The molecule has 0 N–H and O–H groups in total. The lowest BCUT2D eigenvalue weighted by atomic mass is 10.0. The second-order valence-electron chi connectivity index (χ2n) is 16.4. The van der Waals surface area contributed by atoms with E-state index >= 15 is 0 Å². The minimum Gasteiger partial charge on any atom is -0.756 e. The Hall–Kier alpha value is -1.25. The number of carbonyl (C=O) groups excluding carboxylic acids is 2. The number of phosphoric ester groups is 1. The molecule has 0 aromatic carbocycles. The molecule has 0 fully saturated rings. The van der Waals surface area contributed by atoms with E-state index in [0.717, 1.165) is 38.5 Å². The van der Waals surface area contributed by atoms with E-state index in [0.29, 0.717) is 17.4 Å². The van der Waals surface area contributed by atoms with Gasteiger partial charge in [0.25, 0.3) is 7.82 Å². The third-order valence-corrected chi connectivity index (χ3v) is 10.8. The molecule has 0 aliphatic rings. The molecule has 0 rings (SSSR count). The van der Waals surface area contributed by atoms with Crippen LogP contribution in [-0.4, -0.2) is 70.0 Å². The molecule has 0 spiro atoms. The summed E-state index contributed by atoms with van der Waals surface area (Å²) in [6.07, 6.45) is 38.1. The van der Waals surface area contributed by atoms with E-state index in [1.54, 1.807) is 0 Å². The van der Waals surface area contributed by atoms with Crippen LogP contribution in [0.1, 0.15) is 206 Å². The normalized spacial score (nSPS) is 13.7. The summed E-state index contributed by atoms with van der Waals surface area (Å²) >= 11 is 0. The van der Waals surface area contributed by atoms with Crippen LogP contribution in [0.5, 0.6) is 0 Å². The number of carbonyl (C=O) groups is 2. The smallest absolute Gasteiger partial charge is 0.306 e. The third-order valence-electron chi connectivity index (χ3n) is 9.88. The lowest BCUT2D eigenvalue weighted by Crippen LogP contribution is -2.37. The first-order chi connectivity index (χ1) is 26.0. The maximum atomic E-state index is 12.7. The first-order valence-corrected chi connectivity index (χ1v) is 23.8. The van der Waals surface area contributed by atoms with E-state index in [1.165, 1.54) is 135 Å². The number of ether oxygens (including phenoxy) is 2. The van der Waals surface area contributed by atoms with Crippen LogP contribution < -0.4 is 4.89 Å². The van der Waals surface area contributed by atoms with Crippen molar-refractivity contribution in [2.45, 2.75) is 213 Å². The maximum Gasteiger partial charge on any atom is 0.306 e. The van der Waals surface area contributed by atoms with Crippen molar-refractivity contribution >= 4 is 19.8 Å². The summed E-state index contributed by atoms with van der Waals surface area (Å²) < 4.78 is 33.9. The average molecular weight is 788 g/mol. The van der Waals surface area contributed by atoms with E-state index in [2.05, 4.69) is 26.0 Å². The van der Waals surface area contributed by atoms with Crippen LogP contribution in [0.4, 0.5) is 0 Å². The van der Waals surface area contributed by atoms with Gasteiger partial charge in [-0.25, -0.2) is 0 Å². The van der Waals surface area contributed by atoms with Crippen LogP contribution in [0.2, 0.25) is 0 Å². The highest BCUT2D eigenvalue weighted by Gasteiger charge is 2.21. The number of esters is 2. The second-order valence-corrected chi connectivity index (χ2v) is 17.8. The van der Waals surface area contributed by atoms with Crippen LogP contribution in [0.15, 0.2) is 12.2 Å². The standard InChI is InChI=1S/C44H86NO8P/c1-6-8-10-12-14-16-18-20-22-24-26-28-30-32-34-36-43(46)50-40-42(41-52-54(48,49)51-39-38-45(3,4)5)53-44(47)37-35-33-31-29-27-25-23-21-19-17-15-13-11-9-7-2/h7,9,42H,6,8,10-41H2,1-5H3/b9-7-. The SMILES string of the molecule is C/C=C\CCCCCCCCCCCCCCC(=O)OC(COC(=O)CCCCCCCCCCCCCCCCC)COP(=O)([O-])OCC[N+](C)(C)C. The zero-order valence-electron chi connectivity index (χ0n) is 35.9. The van der Waals surface area contributed by atoms with Gasteiger partial charge in [0, 0.05) is 12.8 Å². The molecule has 0 amide bonds. The Bertz CT molecular complexity index is 938. The molecule has 0 aliphatic heterocycles. The molecular formula is C44H86NO8P. The second kappa shape index (κ2) is 37.3. The average Bonchev–Trinajstić information content (AvgIpc) is 3.12. The summed E-state index contributed by atoms with van der Waals surface area (Å²) in [7, 11) is 1.18. The van der Waals surface area contributed by atoms with Crippen LogP contribution in [0, 0.1) is 0 Å². The van der Waals surface area contributed by atoms with Gasteiger partial charge in [-0.1, -0.05) is 173 Å². The number of nitrogens with zero attached hydrogens (tertiary/aromatic N) is 1. The molecule has 2 unspecified atom stereocenters. The summed E-state index contributed by atoms with van der Waals surface area (Å²) in [5.41, 5.74) is 0. The van der Waals surface area contributed by atoms with Gasteiger partial charge in [0.1, 0.15) is 19.8 Å². The number of rotatable bonds is 41. The van der Waals surface area contributed by atoms with E-state index in [1.807, 2.05) is 21.1 Å². The van der Waals surface area contributed by atoms with Crippen molar-refractivity contribution in [1.82, 2.24) is 0 Å². The highest BCUT2D eigenvalue weighted by Crippen LogP contribution is 2.38.